The SMILES string of the molecule is CCCCCCCCCCCCCCCCC(CC(O)CO)C(=O)OC(C)=O. The van der Waals surface area contributed by atoms with Gasteiger partial charge >= 0.3 is 11.9 Å². The second-order valence-electron chi connectivity index (χ2n) is 8.07. The first-order chi connectivity index (χ1) is 13.5. The number of hydrogen-bond acceptors (Lipinski definition) is 5. The number of aliphatic hydroxyl groups excluding tert-OH is 2. The molecule has 0 amide bonds. The summed E-state index contributed by atoms with van der Waals surface area (Å²) in [6.45, 7) is 3.06. The van der Waals surface area contributed by atoms with Crippen LogP contribution in [-0.4, -0.2) is 34.9 Å². The maximum absolute atomic E-state index is 11.9. The Morgan fingerprint density at radius 2 is 1.21 bits per heavy atom. The number of esters is 2. The van der Waals surface area contributed by atoms with Gasteiger partial charge in [0.25, 0.3) is 0 Å². The van der Waals surface area contributed by atoms with Gasteiger partial charge in [0.05, 0.1) is 18.6 Å². The zero-order chi connectivity index (χ0) is 21.0. The molecule has 0 fully saturated rings. The molecular weight excluding hydrogens is 356 g/mol. The first-order valence-corrected chi connectivity index (χ1v) is 11.5. The Balaban J connectivity index is 3.65. The summed E-state index contributed by atoms with van der Waals surface area (Å²) in [6, 6.07) is 0. The average molecular weight is 401 g/mol. The van der Waals surface area contributed by atoms with Crippen molar-refractivity contribution >= 4 is 11.9 Å². The van der Waals surface area contributed by atoms with Crippen molar-refractivity contribution in [2.75, 3.05) is 6.61 Å². The number of rotatable bonds is 19. The fourth-order valence-electron chi connectivity index (χ4n) is 3.55. The van der Waals surface area contributed by atoms with Crippen molar-refractivity contribution < 1.29 is 24.5 Å². The lowest BCUT2D eigenvalue weighted by atomic mass is 9.94. The number of ether oxygens (including phenoxy) is 1. The summed E-state index contributed by atoms with van der Waals surface area (Å²) in [6.07, 6.45) is 17.6. The van der Waals surface area contributed by atoms with Gasteiger partial charge in [-0.05, 0) is 12.8 Å². The van der Waals surface area contributed by atoms with Gasteiger partial charge in [0.1, 0.15) is 0 Å². The van der Waals surface area contributed by atoms with Crippen LogP contribution in [-0.2, 0) is 14.3 Å². The molecule has 0 aliphatic heterocycles. The maximum atomic E-state index is 11.9. The van der Waals surface area contributed by atoms with Crippen LogP contribution in [0.25, 0.3) is 0 Å². The molecule has 0 saturated heterocycles. The van der Waals surface area contributed by atoms with Gasteiger partial charge in [-0.15, -0.1) is 0 Å². The van der Waals surface area contributed by atoms with Gasteiger partial charge in [0, 0.05) is 6.92 Å². The van der Waals surface area contributed by atoms with Gasteiger partial charge in [-0.25, -0.2) is 0 Å². The molecule has 0 aromatic carbocycles. The molecule has 5 nitrogen and oxygen atoms in total. The molecule has 0 aliphatic carbocycles. The van der Waals surface area contributed by atoms with Gasteiger partial charge in [-0.1, -0.05) is 96.8 Å². The van der Waals surface area contributed by atoms with Crippen molar-refractivity contribution in [3.8, 4) is 0 Å². The van der Waals surface area contributed by atoms with Gasteiger partial charge in [0.2, 0.25) is 0 Å². The summed E-state index contributed by atoms with van der Waals surface area (Å²) in [5.74, 6) is -1.74. The lowest BCUT2D eigenvalue weighted by Gasteiger charge is -2.17. The fraction of sp³-hybridized carbons (Fsp3) is 0.913. The lowest BCUT2D eigenvalue weighted by Crippen LogP contribution is -2.26. The Morgan fingerprint density at radius 1 is 0.786 bits per heavy atom. The fourth-order valence-corrected chi connectivity index (χ4v) is 3.55. The Hall–Kier alpha value is -0.940. The van der Waals surface area contributed by atoms with Gasteiger partial charge in [-0.3, -0.25) is 9.59 Å². The molecule has 0 aromatic rings. The minimum atomic E-state index is -0.948. The van der Waals surface area contributed by atoms with Crippen molar-refractivity contribution in [3.05, 3.63) is 0 Å². The first-order valence-electron chi connectivity index (χ1n) is 11.5. The molecule has 0 radical (unpaired) electrons. The van der Waals surface area contributed by atoms with Gasteiger partial charge < -0.3 is 14.9 Å². The van der Waals surface area contributed by atoms with E-state index in [2.05, 4.69) is 11.7 Å². The van der Waals surface area contributed by atoms with Crippen LogP contribution in [0.5, 0.6) is 0 Å². The highest BCUT2D eigenvalue weighted by atomic mass is 16.6. The Morgan fingerprint density at radius 3 is 1.61 bits per heavy atom. The molecule has 5 heteroatoms. The molecule has 0 rings (SSSR count). The number of carbonyl (C=O) groups is 2. The van der Waals surface area contributed by atoms with E-state index in [9.17, 15) is 14.7 Å². The van der Waals surface area contributed by atoms with Crippen LogP contribution in [0.1, 0.15) is 117 Å². The van der Waals surface area contributed by atoms with Crippen LogP contribution in [0.3, 0.4) is 0 Å². The zero-order valence-electron chi connectivity index (χ0n) is 18.3. The standard InChI is InChI=1S/C23H44O5/c1-3-4-5-6-7-8-9-10-11-12-13-14-15-16-17-21(18-22(26)19-24)23(27)28-20(2)25/h21-22,24,26H,3-19H2,1-2H3. The Bertz CT molecular complexity index is 383. The van der Waals surface area contributed by atoms with E-state index in [0.717, 1.165) is 19.3 Å². The molecule has 0 bridgehead atoms. The summed E-state index contributed by atoms with van der Waals surface area (Å²) in [5.41, 5.74) is 0. The number of unbranched alkanes of at least 4 members (excludes halogenated alkanes) is 13. The van der Waals surface area contributed by atoms with Crippen LogP contribution in [0, 0.1) is 5.92 Å². The molecule has 0 heterocycles. The van der Waals surface area contributed by atoms with Crippen molar-refractivity contribution in [1.29, 1.82) is 0 Å². The third kappa shape index (κ3) is 17.2. The maximum Gasteiger partial charge on any atom is 0.316 e. The number of aliphatic hydroxyl groups is 2. The quantitative estimate of drug-likeness (QED) is 0.174. The third-order valence-corrected chi connectivity index (χ3v) is 5.25. The molecule has 2 N–H and O–H groups in total. The van der Waals surface area contributed by atoms with Crippen LogP contribution in [0.15, 0.2) is 0 Å². The average Bonchev–Trinajstić information content (AvgIpc) is 2.66. The summed E-state index contributed by atoms with van der Waals surface area (Å²) in [4.78, 5) is 22.9. The highest BCUT2D eigenvalue weighted by Gasteiger charge is 2.24. The molecule has 166 valence electrons. The van der Waals surface area contributed by atoms with Crippen molar-refractivity contribution in [1.82, 2.24) is 0 Å². The van der Waals surface area contributed by atoms with E-state index in [1.54, 1.807) is 0 Å². The first kappa shape index (κ1) is 27.1. The van der Waals surface area contributed by atoms with Crippen molar-refractivity contribution in [3.63, 3.8) is 0 Å². The van der Waals surface area contributed by atoms with E-state index in [0.29, 0.717) is 6.42 Å². The summed E-state index contributed by atoms with van der Waals surface area (Å²) in [5, 5.41) is 18.6. The van der Waals surface area contributed by atoms with Crippen LogP contribution >= 0.6 is 0 Å². The van der Waals surface area contributed by atoms with Crippen LogP contribution < -0.4 is 0 Å². The third-order valence-electron chi connectivity index (χ3n) is 5.25. The molecule has 2 unspecified atom stereocenters. The van der Waals surface area contributed by atoms with Gasteiger partial charge in [0.15, 0.2) is 0 Å². The summed E-state index contributed by atoms with van der Waals surface area (Å²) in [7, 11) is 0. The van der Waals surface area contributed by atoms with E-state index >= 15 is 0 Å². The van der Waals surface area contributed by atoms with Crippen molar-refractivity contribution in [2.45, 2.75) is 123 Å². The number of hydrogen-bond donors (Lipinski definition) is 2. The largest absolute Gasteiger partial charge is 0.394 e. The van der Waals surface area contributed by atoms with E-state index in [4.69, 9.17) is 5.11 Å². The minimum Gasteiger partial charge on any atom is -0.394 e. The second kappa shape index (κ2) is 19.4. The normalized spacial score (nSPS) is 13.3. The lowest BCUT2D eigenvalue weighted by molar-refractivity contribution is -0.162. The predicted octanol–water partition coefficient (Wildman–Crippen LogP) is 5.31. The molecule has 0 aromatic heterocycles. The van der Waals surface area contributed by atoms with E-state index in [-0.39, 0.29) is 13.0 Å². The highest BCUT2D eigenvalue weighted by molar-refractivity contribution is 5.85. The predicted molar refractivity (Wildman–Crippen MR) is 113 cm³/mol. The zero-order valence-corrected chi connectivity index (χ0v) is 18.3. The molecule has 0 spiro atoms. The molecule has 0 saturated carbocycles. The smallest absolute Gasteiger partial charge is 0.316 e. The van der Waals surface area contributed by atoms with Gasteiger partial charge in [-0.2, -0.15) is 0 Å². The Labute approximate surface area is 172 Å². The van der Waals surface area contributed by atoms with E-state index < -0.39 is 24.0 Å². The minimum absolute atomic E-state index is 0.140. The van der Waals surface area contributed by atoms with Crippen LogP contribution in [0.4, 0.5) is 0 Å². The summed E-state index contributed by atoms with van der Waals surface area (Å²) < 4.78 is 4.66. The summed E-state index contributed by atoms with van der Waals surface area (Å²) >= 11 is 0. The monoisotopic (exact) mass is 400 g/mol. The Kier molecular flexibility index (Phi) is 18.7. The van der Waals surface area contributed by atoms with E-state index in [1.807, 2.05) is 0 Å². The van der Waals surface area contributed by atoms with Crippen LogP contribution in [0.2, 0.25) is 0 Å². The number of carbonyl (C=O) groups excluding carboxylic acids is 2. The molecule has 28 heavy (non-hydrogen) atoms. The van der Waals surface area contributed by atoms with E-state index in [1.165, 1.54) is 77.6 Å². The molecule has 2 atom stereocenters. The second-order valence-corrected chi connectivity index (χ2v) is 8.07. The molecule has 0 aliphatic rings. The topological polar surface area (TPSA) is 83.8 Å². The van der Waals surface area contributed by atoms with Crippen molar-refractivity contribution in [2.24, 2.45) is 5.92 Å². The molecular formula is C23H44O5. The highest BCUT2D eigenvalue weighted by Crippen LogP contribution is 2.19.